The maximum Gasteiger partial charge on any atom is 0.229 e. The molecule has 2 heterocycles. The molecule has 1 aliphatic heterocycles. The minimum Gasteiger partial charge on any atom is -0.310 e. The Morgan fingerprint density at radius 3 is 2.16 bits per heavy atom. The van der Waals surface area contributed by atoms with Crippen LogP contribution in [0.2, 0.25) is 0 Å². The molecule has 0 saturated heterocycles. The molecule has 3 aromatic carbocycles. The zero-order valence-corrected chi connectivity index (χ0v) is 18.0. The van der Waals surface area contributed by atoms with Gasteiger partial charge in [0.1, 0.15) is 5.82 Å². The van der Waals surface area contributed by atoms with E-state index in [0.29, 0.717) is 17.1 Å². The Morgan fingerprint density at radius 1 is 0.844 bits per heavy atom. The Balaban J connectivity index is 1.39. The molecule has 0 atom stereocenters. The number of nitrogens with zero attached hydrogens (tertiary/aromatic N) is 2. The molecule has 4 aromatic rings. The lowest BCUT2D eigenvalue weighted by atomic mass is 10.0. The van der Waals surface area contributed by atoms with Crippen LogP contribution in [0.1, 0.15) is 16.8 Å². The third-order valence-corrected chi connectivity index (χ3v) is 6.91. The first-order valence-corrected chi connectivity index (χ1v) is 12.1. The van der Waals surface area contributed by atoms with E-state index in [1.165, 1.54) is 0 Å². The fraction of sp³-hybridized carbons (Fsp3) is 0.120. The second-order valence-corrected chi connectivity index (χ2v) is 9.91. The van der Waals surface area contributed by atoms with Crippen LogP contribution in [0.15, 0.2) is 84.9 Å². The molecule has 0 unspecified atom stereocenters. The van der Waals surface area contributed by atoms with E-state index < -0.39 is 9.84 Å². The first-order chi connectivity index (χ1) is 15.5. The molecule has 1 amide bonds. The quantitative estimate of drug-likeness (QED) is 0.502. The summed E-state index contributed by atoms with van der Waals surface area (Å²) in [6, 6.07) is 27.3. The Kier molecular flexibility index (Phi) is 5.11. The average Bonchev–Trinajstić information content (AvgIpc) is 3.28. The third-order valence-electron chi connectivity index (χ3n) is 5.47. The van der Waals surface area contributed by atoms with Crippen molar-refractivity contribution in [3.05, 3.63) is 102 Å². The monoisotopic (exact) mass is 443 g/mol. The van der Waals surface area contributed by atoms with Crippen molar-refractivity contribution in [2.45, 2.75) is 17.9 Å². The van der Waals surface area contributed by atoms with Crippen molar-refractivity contribution in [1.82, 2.24) is 9.78 Å². The number of sulfone groups is 1. The maximum atomic E-state index is 12.9. The van der Waals surface area contributed by atoms with Gasteiger partial charge in [-0.25, -0.2) is 13.1 Å². The fourth-order valence-electron chi connectivity index (χ4n) is 3.93. The molecule has 1 aliphatic rings. The Morgan fingerprint density at radius 2 is 1.47 bits per heavy atom. The number of anilines is 1. The minimum atomic E-state index is -3.24. The predicted octanol–water partition coefficient (Wildman–Crippen LogP) is 4.15. The zero-order chi connectivity index (χ0) is 22.1. The summed E-state index contributed by atoms with van der Waals surface area (Å²) in [6.45, 7) is 0. The molecule has 0 aliphatic carbocycles. The second kappa shape index (κ2) is 8.09. The van der Waals surface area contributed by atoms with Gasteiger partial charge in [0, 0.05) is 5.56 Å². The molecule has 0 spiro atoms. The molecule has 0 saturated carbocycles. The molecule has 6 nitrogen and oxygen atoms in total. The molecule has 1 aromatic heterocycles. The molecule has 0 radical (unpaired) electrons. The summed E-state index contributed by atoms with van der Waals surface area (Å²) in [6.07, 6.45) is 0.177. The smallest absolute Gasteiger partial charge is 0.229 e. The topological polar surface area (TPSA) is 81.1 Å². The van der Waals surface area contributed by atoms with Crippen LogP contribution in [-0.2, 0) is 32.6 Å². The molecular formula is C25H21N3O3S. The van der Waals surface area contributed by atoms with Crippen molar-refractivity contribution in [2.75, 3.05) is 5.32 Å². The van der Waals surface area contributed by atoms with Gasteiger partial charge in [0.2, 0.25) is 5.91 Å². The van der Waals surface area contributed by atoms with Crippen LogP contribution >= 0.6 is 0 Å². The van der Waals surface area contributed by atoms with Gasteiger partial charge < -0.3 is 5.32 Å². The third kappa shape index (κ3) is 4.07. The van der Waals surface area contributed by atoms with Gasteiger partial charge in [0.15, 0.2) is 9.84 Å². The van der Waals surface area contributed by atoms with Crippen molar-refractivity contribution in [3.8, 4) is 16.8 Å². The standard InChI is InChI=1S/C25H21N3O3S/c29-24(15-18-11-13-20(14-12-18)19-7-3-1-4-8-19)26-25-22-16-32(30,31)17-23(22)27-28(25)21-9-5-2-6-10-21/h1-14H,15-17H2,(H,26,29). The van der Waals surface area contributed by atoms with Crippen molar-refractivity contribution in [1.29, 1.82) is 0 Å². The normalized spacial score (nSPS) is 14.1. The lowest BCUT2D eigenvalue weighted by Gasteiger charge is -2.11. The number of carbonyl (C=O) groups excluding carboxylic acids is 1. The minimum absolute atomic E-state index is 0.105. The molecule has 160 valence electrons. The summed E-state index contributed by atoms with van der Waals surface area (Å²) < 4.78 is 25.8. The van der Waals surface area contributed by atoms with Crippen molar-refractivity contribution >= 4 is 21.6 Å². The van der Waals surface area contributed by atoms with Crippen LogP contribution in [0, 0.1) is 0 Å². The van der Waals surface area contributed by atoms with Crippen molar-refractivity contribution in [3.63, 3.8) is 0 Å². The van der Waals surface area contributed by atoms with E-state index in [1.807, 2.05) is 84.9 Å². The van der Waals surface area contributed by atoms with E-state index in [-0.39, 0.29) is 23.8 Å². The Hall–Kier alpha value is -3.71. The highest BCUT2D eigenvalue weighted by Crippen LogP contribution is 2.33. The largest absolute Gasteiger partial charge is 0.310 e. The van der Waals surface area contributed by atoms with Gasteiger partial charge in [0.25, 0.3) is 0 Å². The summed E-state index contributed by atoms with van der Waals surface area (Å²) in [5, 5.41) is 7.40. The van der Waals surface area contributed by atoms with E-state index >= 15 is 0 Å². The van der Waals surface area contributed by atoms with Crippen LogP contribution in [0.5, 0.6) is 0 Å². The number of hydrogen-bond acceptors (Lipinski definition) is 4. The van der Waals surface area contributed by atoms with E-state index in [0.717, 1.165) is 22.4 Å². The summed E-state index contributed by atoms with van der Waals surface area (Å²) >= 11 is 0. The first kappa shape index (κ1) is 20.2. The fourth-order valence-corrected chi connectivity index (χ4v) is 5.43. The highest BCUT2D eigenvalue weighted by molar-refractivity contribution is 7.90. The van der Waals surface area contributed by atoms with Gasteiger partial charge in [-0.3, -0.25) is 4.79 Å². The van der Waals surface area contributed by atoms with E-state index in [2.05, 4.69) is 10.4 Å². The Labute approximate surface area is 186 Å². The maximum absolute atomic E-state index is 12.9. The predicted molar refractivity (Wildman–Crippen MR) is 124 cm³/mol. The van der Waals surface area contributed by atoms with Gasteiger partial charge in [-0.1, -0.05) is 72.8 Å². The van der Waals surface area contributed by atoms with E-state index in [1.54, 1.807) is 4.68 Å². The second-order valence-electron chi connectivity index (χ2n) is 7.84. The molecular weight excluding hydrogens is 422 g/mol. The highest BCUT2D eigenvalue weighted by Gasteiger charge is 2.33. The summed E-state index contributed by atoms with van der Waals surface area (Å²) in [7, 11) is -3.24. The zero-order valence-electron chi connectivity index (χ0n) is 17.2. The van der Waals surface area contributed by atoms with Crippen molar-refractivity contribution in [2.24, 2.45) is 0 Å². The molecule has 0 fully saturated rings. The number of rotatable bonds is 5. The number of nitrogens with one attached hydrogen (secondary N) is 1. The van der Waals surface area contributed by atoms with Crippen LogP contribution in [0.25, 0.3) is 16.8 Å². The summed E-state index contributed by atoms with van der Waals surface area (Å²) in [5.41, 5.74) is 4.91. The first-order valence-electron chi connectivity index (χ1n) is 10.3. The molecule has 1 N–H and O–H groups in total. The number of para-hydroxylation sites is 1. The molecule has 32 heavy (non-hydrogen) atoms. The number of carbonyl (C=O) groups is 1. The molecule has 7 heteroatoms. The lowest BCUT2D eigenvalue weighted by Crippen LogP contribution is -2.18. The number of amides is 1. The molecule has 5 rings (SSSR count). The van der Waals surface area contributed by atoms with E-state index in [9.17, 15) is 13.2 Å². The molecule has 0 bridgehead atoms. The van der Waals surface area contributed by atoms with Crippen LogP contribution in [0.4, 0.5) is 5.82 Å². The number of hydrogen-bond donors (Lipinski definition) is 1. The van der Waals surface area contributed by atoms with Crippen LogP contribution in [-0.4, -0.2) is 24.1 Å². The van der Waals surface area contributed by atoms with Crippen molar-refractivity contribution < 1.29 is 13.2 Å². The van der Waals surface area contributed by atoms with Gasteiger partial charge in [-0.2, -0.15) is 5.10 Å². The number of aromatic nitrogens is 2. The Bertz CT molecular complexity index is 1380. The van der Waals surface area contributed by atoms with Gasteiger partial charge in [-0.05, 0) is 28.8 Å². The van der Waals surface area contributed by atoms with Gasteiger partial charge in [0.05, 0.1) is 29.3 Å². The van der Waals surface area contributed by atoms with Gasteiger partial charge in [-0.15, -0.1) is 0 Å². The average molecular weight is 444 g/mol. The lowest BCUT2D eigenvalue weighted by molar-refractivity contribution is -0.115. The number of benzene rings is 3. The van der Waals surface area contributed by atoms with E-state index in [4.69, 9.17) is 0 Å². The SMILES string of the molecule is O=C(Cc1ccc(-c2ccccc2)cc1)Nc1c2c(nn1-c1ccccc1)CS(=O)(=O)C2. The summed E-state index contributed by atoms with van der Waals surface area (Å²) in [4.78, 5) is 12.9. The summed E-state index contributed by atoms with van der Waals surface area (Å²) in [5.74, 6) is -0.0115. The van der Waals surface area contributed by atoms with Crippen LogP contribution in [0.3, 0.4) is 0 Å². The number of fused-ring (bicyclic) bond motifs is 1. The highest BCUT2D eigenvalue weighted by atomic mass is 32.2. The van der Waals surface area contributed by atoms with Crippen LogP contribution < -0.4 is 5.32 Å². The van der Waals surface area contributed by atoms with Gasteiger partial charge >= 0.3 is 0 Å².